The normalized spacial score (nSPS) is 22.4. The number of hydrogen-bond acceptors (Lipinski definition) is 4. The zero-order valence-corrected chi connectivity index (χ0v) is 16.9. The number of amides is 2. The van der Waals surface area contributed by atoms with Crippen molar-refractivity contribution in [2.24, 2.45) is 5.92 Å². The van der Waals surface area contributed by atoms with Gasteiger partial charge in [0.1, 0.15) is 12.6 Å². The molecule has 3 rings (SSSR count). The van der Waals surface area contributed by atoms with E-state index in [0.717, 1.165) is 6.42 Å². The summed E-state index contributed by atoms with van der Waals surface area (Å²) in [7, 11) is 0. The molecule has 1 aromatic rings. The molecule has 2 heterocycles. The fourth-order valence-electron chi connectivity index (χ4n) is 3.94. The number of fused-ring (bicyclic) bond motifs is 1. The third-order valence-corrected chi connectivity index (χ3v) is 5.72. The molecular formula is C22H30N2O4. The second-order valence-corrected chi connectivity index (χ2v) is 8.27. The Hall–Kier alpha value is -2.21. The van der Waals surface area contributed by atoms with Crippen molar-refractivity contribution in [1.82, 2.24) is 10.2 Å². The molecule has 3 atom stereocenters. The van der Waals surface area contributed by atoms with Gasteiger partial charge in [-0.3, -0.25) is 14.4 Å². The van der Waals surface area contributed by atoms with E-state index in [9.17, 15) is 14.4 Å². The second kappa shape index (κ2) is 8.86. The molecule has 1 aromatic carbocycles. The quantitative estimate of drug-likeness (QED) is 0.781. The molecule has 2 fully saturated rings. The van der Waals surface area contributed by atoms with E-state index >= 15 is 0 Å². The standard InChI is InChI=1S/C22H30N2O4/c1-14(2)16-4-6-17(7-5-16)22(27)23-10-8-15(3)12-20(26)24-11-9-19-21(24)18(25)13-28-19/h4-7,14-15,19,21H,8-13H2,1-3H3,(H,23,27). The van der Waals surface area contributed by atoms with Crippen molar-refractivity contribution >= 4 is 17.6 Å². The molecule has 0 spiro atoms. The van der Waals surface area contributed by atoms with Gasteiger partial charge in [0.25, 0.3) is 5.91 Å². The molecule has 0 saturated carbocycles. The third kappa shape index (κ3) is 4.61. The summed E-state index contributed by atoms with van der Waals surface area (Å²) in [5.74, 6) is 0.499. The summed E-state index contributed by atoms with van der Waals surface area (Å²) in [6.07, 6.45) is 1.72. The third-order valence-electron chi connectivity index (χ3n) is 5.72. The van der Waals surface area contributed by atoms with Crippen molar-refractivity contribution < 1.29 is 19.1 Å². The topological polar surface area (TPSA) is 75.7 Å². The minimum Gasteiger partial charge on any atom is -0.368 e. The number of nitrogens with zero attached hydrogens (tertiary/aromatic N) is 1. The largest absolute Gasteiger partial charge is 0.368 e. The zero-order valence-electron chi connectivity index (χ0n) is 16.9. The van der Waals surface area contributed by atoms with Gasteiger partial charge in [0.05, 0.1) is 6.10 Å². The summed E-state index contributed by atoms with van der Waals surface area (Å²) >= 11 is 0. The Morgan fingerprint density at radius 3 is 2.61 bits per heavy atom. The second-order valence-electron chi connectivity index (χ2n) is 8.27. The van der Waals surface area contributed by atoms with Gasteiger partial charge in [-0.15, -0.1) is 0 Å². The molecule has 6 nitrogen and oxygen atoms in total. The number of rotatable bonds is 7. The molecule has 28 heavy (non-hydrogen) atoms. The van der Waals surface area contributed by atoms with Crippen LogP contribution in [-0.2, 0) is 14.3 Å². The first kappa shape index (κ1) is 20.5. The van der Waals surface area contributed by atoms with E-state index in [1.165, 1.54) is 5.56 Å². The maximum atomic E-state index is 12.6. The number of likely N-dealkylation sites (tertiary alicyclic amines) is 1. The molecule has 0 aromatic heterocycles. The molecule has 152 valence electrons. The first-order chi connectivity index (χ1) is 13.4. The SMILES string of the molecule is CC(CCNC(=O)c1ccc(C(C)C)cc1)CC(=O)N1CCC2OCC(=O)C21. The molecule has 2 aliphatic heterocycles. The van der Waals surface area contributed by atoms with E-state index in [4.69, 9.17) is 4.74 Å². The van der Waals surface area contributed by atoms with Crippen LogP contribution in [-0.4, -0.2) is 54.3 Å². The number of Topliss-reactive ketones (excluding diaryl/α,β-unsaturated/α-hetero) is 1. The van der Waals surface area contributed by atoms with E-state index < -0.39 is 0 Å². The summed E-state index contributed by atoms with van der Waals surface area (Å²) < 4.78 is 5.44. The van der Waals surface area contributed by atoms with Crippen LogP contribution in [0, 0.1) is 5.92 Å². The van der Waals surface area contributed by atoms with Crippen LogP contribution in [0.5, 0.6) is 0 Å². The Labute approximate surface area is 166 Å². The minimum absolute atomic E-state index is 0.00875. The molecule has 1 N–H and O–H groups in total. The highest BCUT2D eigenvalue weighted by atomic mass is 16.5. The van der Waals surface area contributed by atoms with Crippen molar-refractivity contribution in [2.45, 2.75) is 58.1 Å². The molecule has 3 unspecified atom stereocenters. The van der Waals surface area contributed by atoms with Gasteiger partial charge in [-0.1, -0.05) is 32.9 Å². The van der Waals surface area contributed by atoms with Gasteiger partial charge in [0.15, 0.2) is 5.78 Å². The molecule has 2 saturated heterocycles. The van der Waals surface area contributed by atoms with Crippen molar-refractivity contribution in [2.75, 3.05) is 19.7 Å². The van der Waals surface area contributed by atoms with Gasteiger partial charge in [-0.2, -0.15) is 0 Å². The van der Waals surface area contributed by atoms with Crippen LogP contribution >= 0.6 is 0 Å². The summed E-state index contributed by atoms with van der Waals surface area (Å²) in [6, 6.07) is 7.29. The highest BCUT2D eigenvalue weighted by molar-refractivity contribution is 5.94. The Morgan fingerprint density at radius 2 is 1.93 bits per heavy atom. The Kier molecular flexibility index (Phi) is 6.50. The van der Waals surface area contributed by atoms with Gasteiger partial charge in [-0.05, 0) is 42.4 Å². The maximum absolute atomic E-state index is 12.6. The van der Waals surface area contributed by atoms with Gasteiger partial charge in [0, 0.05) is 25.1 Å². The number of hydrogen-bond donors (Lipinski definition) is 1. The van der Waals surface area contributed by atoms with Crippen molar-refractivity contribution in [3.8, 4) is 0 Å². The number of nitrogens with one attached hydrogen (secondary N) is 1. The van der Waals surface area contributed by atoms with Crippen LogP contribution in [0.1, 0.15) is 61.9 Å². The van der Waals surface area contributed by atoms with Crippen LogP contribution in [0.3, 0.4) is 0 Å². The fourth-order valence-corrected chi connectivity index (χ4v) is 3.94. The maximum Gasteiger partial charge on any atom is 0.251 e. The first-order valence-electron chi connectivity index (χ1n) is 10.2. The minimum atomic E-state index is -0.381. The van der Waals surface area contributed by atoms with Gasteiger partial charge in [-0.25, -0.2) is 0 Å². The van der Waals surface area contributed by atoms with E-state index in [-0.39, 0.29) is 42.3 Å². The molecule has 0 bridgehead atoms. The van der Waals surface area contributed by atoms with Crippen molar-refractivity contribution in [3.05, 3.63) is 35.4 Å². The average molecular weight is 386 g/mol. The lowest BCUT2D eigenvalue weighted by molar-refractivity contribution is -0.137. The van der Waals surface area contributed by atoms with E-state index in [2.05, 4.69) is 19.2 Å². The number of ketones is 1. The Morgan fingerprint density at radius 1 is 1.21 bits per heavy atom. The fraction of sp³-hybridized carbons (Fsp3) is 0.591. The molecule has 6 heteroatoms. The lowest BCUT2D eigenvalue weighted by Gasteiger charge is -2.23. The summed E-state index contributed by atoms with van der Waals surface area (Å²) in [5.41, 5.74) is 1.86. The predicted molar refractivity (Wildman–Crippen MR) is 106 cm³/mol. The van der Waals surface area contributed by atoms with Gasteiger partial charge < -0.3 is 15.0 Å². The van der Waals surface area contributed by atoms with Crippen molar-refractivity contribution in [1.29, 1.82) is 0 Å². The van der Waals surface area contributed by atoms with Crippen molar-refractivity contribution in [3.63, 3.8) is 0 Å². The number of carbonyl (C=O) groups is 3. The van der Waals surface area contributed by atoms with Gasteiger partial charge in [0.2, 0.25) is 5.91 Å². The van der Waals surface area contributed by atoms with Crippen LogP contribution in [0.4, 0.5) is 0 Å². The van der Waals surface area contributed by atoms with E-state index in [1.807, 2.05) is 31.2 Å². The highest BCUT2D eigenvalue weighted by Crippen LogP contribution is 2.28. The lowest BCUT2D eigenvalue weighted by atomic mass is 10.0. The molecular weight excluding hydrogens is 356 g/mol. The van der Waals surface area contributed by atoms with Crippen LogP contribution in [0.25, 0.3) is 0 Å². The van der Waals surface area contributed by atoms with Crippen LogP contribution in [0.2, 0.25) is 0 Å². The van der Waals surface area contributed by atoms with E-state index in [0.29, 0.717) is 37.4 Å². The molecule has 2 aliphatic rings. The Balaban J connectivity index is 1.41. The van der Waals surface area contributed by atoms with Crippen LogP contribution < -0.4 is 5.32 Å². The van der Waals surface area contributed by atoms with E-state index in [1.54, 1.807) is 4.90 Å². The van der Waals surface area contributed by atoms with Crippen LogP contribution in [0.15, 0.2) is 24.3 Å². The highest BCUT2D eigenvalue weighted by Gasteiger charge is 2.46. The Bertz CT molecular complexity index is 729. The zero-order chi connectivity index (χ0) is 20.3. The smallest absolute Gasteiger partial charge is 0.251 e. The molecule has 0 radical (unpaired) electrons. The number of benzene rings is 1. The predicted octanol–water partition coefficient (Wildman–Crippen LogP) is 2.52. The summed E-state index contributed by atoms with van der Waals surface area (Å²) in [4.78, 5) is 38.5. The number of ether oxygens (including phenoxy) is 1. The average Bonchev–Trinajstić information content (AvgIpc) is 3.25. The van der Waals surface area contributed by atoms with Gasteiger partial charge >= 0.3 is 0 Å². The summed E-state index contributed by atoms with van der Waals surface area (Å²) in [6.45, 7) is 7.48. The molecule has 0 aliphatic carbocycles. The number of carbonyl (C=O) groups excluding carboxylic acids is 3. The first-order valence-corrected chi connectivity index (χ1v) is 10.2. The summed E-state index contributed by atoms with van der Waals surface area (Å²) in [5, 5.41) is 2.93. The monoisotopic (exact) mass is 386 g/mol. The lowest BCUT2D eigenvalue weighted by Crippen LogP contribution is -2.42. The molecule has 2 amide bonds.